The van der Waals surface area contributed by atoms with E-state index in [1.165, 1.54) is 22.9 Å². The summed E-state index contributed by atoms with van der Waals surface area (Å²) in [5.74, 6) is 0.393. The highest BCUT2D eigenvalue weighted by atomic mass is 32.2. The minimum atomic E-state index is -0.148. The zero-order valence-corrected chi connectivity index (χ0v) is 16.1. The van der Waals surface area contributed by atoms with E-state index in [1.807, 2.05) is 6.07 Å². The third kappa shape index (κ3) is 5.27. The first-order valence-electron chi connectivity index (χ1n) is 8.62. The monoisotopic (exact) mass is 379 g/mol. The van der Waals surface area contributed by atoms with Crippen LogP contribution in [0.25, 0.3) is 0 Å². The minimum absolute atomic E-state index is 0.148. The molecule has 0 spiro atoms. The summed E-state index contributed by atoms with van der Waals surface area (Å²) in [4.78, 5) is 26.2. The lowest BCUT2D eigenvalue weighted by molar-refractivity contribution is 0.0951. The van der Waals surface area contributed by atoms with Crippen LogP contribution in [0.5, 0.6) is 0 Å². The molecule has 2 N–H and O–H groups in total. The molecule has 0 aliphatic heterocycles. The minimum Gasteiger partial charge on any atom is -0.352 e. The molecule has 2 aromatic heterocycles. The molecule has 6 nitrogen and oxygen atoms in total. The molecule has 138 valence electrons. The Hall–Kier alpha value is -2.93. The molecule has 0 saturated carbocycles. The van der Waals surface area contributed by atoms with Gasteiger partial charge in [0.1, 0.15) is 5.03 Å². The zero-order valence-electron chi connectivity index (χ0n) is 15.3. The SMILES string of the molecule is Cc1ccc(Sc2ncccc2C(=O)NCCNc2ncccn2)cc1C. The van der Waals surface area contributed by atoms with Gasteiger partial charge in [-0.15, -0.1) is 0 Å². The highest BCUT2D eigenvalue weighted by Gasteiger charge is 2.13. The summed E-state index contributed by atoms with van der Waals surface area (Å²) in [6, 6.07) is 11.6. The van der Waals surface area contributed by atoms with Gasteiger partial charge in [-0.1, -0.05) is 17.8 Å². The Morgan fingerprint density at radius 1 is 0.963 bits per heavy atom. The van der Waals surface area contributed by atoms with Crippen LogP contribution in [-0.2, 0) is 0 Å². The van der Waals surface area contributed by atoms with Crippen LogP contribution in [0.4, 0.5) is 5.95 Å². The Morgan fingerprint density at radius 3 is 2.52 bits per heavy atom. The van der Waals surface area contributed by atoms with Gasteiger partial charge in [-0.25, -0.2) is 15.0 Å². The van der Waals surface area contributed by atoms with Gasteiger partial charge in [0.05, 0.1) is 5.56 Å². The second kappa shape index (κ2) is 9.14. The third-order valence-corrected chi connectivity index (χ3v) is 4.98. The first-order valence-corrected chi connectivity index (χ1v) is 9.44. The standard InChI is InChI=1S/C20H21N5OS/c1-14-6-7-16(13-15(14)2)27-19-17(5-3-8-22-19)18(26)21-11-12-25-20-23-9-4-10-24-20/h3-10,13H,11-12H2,1-2H3,(H,21,26)(H,23,24,25). The van der Waals surface area contributed by atoms with Gasteiger partial charge in [-0.2, -0.15) is 0 Å². The summed E-state index contributed by atoms with van der Waals surface area (Å²) < 4.78 is 0. The number of nitrogens with one attached hydrogen (secondary N) is 2. The first kappa shape index (κ1) is 18.8. The number of hydrogen-bond acceptors (Lipinski definition) is 6. The molecule has 2 heterocycles. The maximum Gasteiger partial charge on any atom is 0.254 e. The van der Waals surface area contributed by atoms with Crippen molar-refractivity contribution < 1.29 is 4.79 Å². The van der Waals surface area contributed by atoms with Crippen LogP contribution in [0.1, 0.15) is 21.5 Å². The Kier molecular flexibility index (Phi) is 6.38. The van der Waals surface area contributed by atoms with Crippen molar-refractivity contribution in [3.8, 4) is 0 Å². The van der Waals surface area contributed by atoms with E-state index in [4.69, 9.17) is 0 Å². The zero-order chi connectivity index (χ0) is 19.1. The van der Waals surface area contributed by atoms with Crippen LogP contribution in [0.15, 0.2) is 64.9 Å². The van der Waals surface area contributed by atoms with E-state index in [2.05, 4.69) is 51.6 Å². The summed E-state index contributed by atoms with van der Waals surface area (Å²) in [7, 11) is 0. The fourth-order valence-electron chi connectivity index (χ4n) is 2.37. The Labute approximate surface area is 162 Å². The summed E-state index contributed by atoms with van der Waals surface area (Å²) in [6.07, 6.45) is 5.04. The molecule has 7 heteroatoms. The number of nitrogens with zero attached hydrogens (tertiary/aromatic N) is 3. The highest BCUT2D eigenvalue weighted by Crippen LogP contribution is 2.29. The fourth-order valence-corrected chi connectivity index (χ4v) is 3.35. The van der Waals surface area contributed by atoms with Crippen molar-refractivity contribution in [3.05, 3.63) is 71.7 Å². The molecule has 0 unspecified atom stereocenters. The van der Waals surface area contributed by atoms with E-state index >= 15 is 0 Å². The van der Waals surface area contributed by atoms with Crippen LogP contribution in [0, 0.1) is 13.8 Å². The predicted octanol–water partition coefficient (Wildman–Crippen LogP) is 3.48. The maximum absolute atomic E-state index is 12.6. The second-order valence-electron chi connectivity index (χ2n) is 5.96. The van der Waals surface area contributed by atoms with E-state index in [0.29, 0.717) is 29.6 Å². The molecule has 3 aromatic rings. The number of aromatic nitrogens is 3. The van der Waals surface area contributed by atoms with E-state index in [1.54, 1.807) is 36.8 Å². The Bertz CT molecular complexity index is 917. The second-order valence-corrected chi connectivity index (χ2v) is 7.02. The Morgan fingerprint density at radius 2 is 1.74 bits per heavy atom. The van der Waals surface area contributed by atoms with Gasteiger partial charge in [0.2, 0.25) is 5.95 Å². The first-order chi connectivity index (χ1) is 13.1. The van der Waals surface area contributed by atoms with Gasteiger partial charge < -0.3 is 10.6 Å². The third-order valence-electron chi connectivity index (χ3n) is 3.97. The molecule has 1 aromatic carbocycles. The molecule has 27 heavy (non-hydrogen) atoms. The largest absolute Gasteiger partial charge is 0.352 e. The van der Waals surface area contributed by atoms with Crippen LogP contribution >= 0.6 is 11.8 Å². The van der Waals surface area contributed by atoms with Crippen molar-refractivity contribution in [1.29, 1.82) is 0 Å². The smallest absolute Gasteiger partial charge is 0.254 e. The van der Waals surface area contributed by atoms with Crippen LogP contribution in [0.2, 0.25) is 0 Å². The van der Waals surface area contributed by atoms with Gasteiger partial charge in [-0.3, -0.25) is 4.79 Å². The number of carbonyl (C=O) groups excluding carboxylic acids is 1. The summed E-state index contributed by atoms with van der Waals surface area (Å²) >= 11 is 1.49. The molecule has 0 bridgehead atoms. The van der Waals surface area contributed by atoms with Crippen molar-refractivity contribution >= 4 is 23.6 Å². The maximum atomic E-state index is 12.6. The van der Waals surface area contributed by atoms with Gasteiger partial charge in [-0.05, 0) is 55.3 Å². The van der Waals surface area contributed by atoms with Crippen molar-refractivity contribution in [2.75, 3.05) is 18.4 Å². The summed E-state index contributed by atoms with van der Waals surface area (Å²) in [6.45, 7) is 5.15. The molecule has 0 radical (unpaired) electrons. The van der Waals surface area contributed by atoms with E-state index in [9.17, 15) is 4.79 Å². The van der Waals surface area contributed by atoms with Gasteiger partial charge in [0.15, 0.2) is 0 Å². The van der Waals surface area contributed by atoms with Crippen LogP contribution in [0.3, 0.4) is 0 Å². The van der Waals surface area contributed by atoms with E-state index in [-0.39, 0.29) is 5.91 Å². The summed E-state index contributed by atoms with van der Waals surface area (Å²) in [5.41, 5.74) is 3.03. The van der Waals surface area contributed by atoms with Crippen LogP contribution in [-0.4, -0.2) is 33.9 Å². The number of aryl methyl sites for hydroxylation is 2. The highest BCUT2D eigenvalue weighted by molar-refractivity contribution is 7.99. The average Bonchev–Trinajstić information content (AvgIpc) is 2.69. The van der Waals surface area contributed by atoms with Crippen molar-refractivity contribution in [1.82, 2.24) is 20.3 Å². The van der Waals surface area contributed by atoms with Gasteiger partial charge in [0, 0.05) is 36.6 Å². The Balaban J connectivity index is 1.60. The number of pyridine rings is 1. The molecule has 0 aliphatic rings. The van der Waals surface area contributed by atoms with E-state index in [0.717, 1.165) is 4.90 Å². The molecule has 0 fully saturated rings. The van der Waals surface area contributed by atoms with Gasteiger partial charge >= 0.3 is 0 Å². The van der Waals surface area contributed by atoms with Crippen molar-refractivity contribution in [2.24, 2.45) is 0 Å². The van der Waals surface area contributed by atoms with Crippen molar-refractivity contribution in [3.63, 3.8) is 0 Å². The molecule has 1 amide bonds. The molecular formula is C20H21N5OS. The number of carbonyl (C=O) groups is 1. The quantitative estimate of drug-likeness (QED) is 0.612. The lowest BCUT2D eigenvalue weighted by Gasteiger charge is -2.10. The molecule has 0 aliphatic carbocycles. The van der Waals surface area contributed by atoms with Gasteiger partial charge in [0.25, 0.3) is 5.91 Å². The summed E-state index contributed by atoms with van der Waals surface area (Å²) in [5, 5.41) is 6.66. The lowest BCUT2D eigenvalue weighted by atomic mass is 10.1. The molecular weight excluding hydrogens is 358 g/mol. The molecule has 3 rings (SSSR count). The lowest BCUT2D eigenvalue weighted by Crippen LogP contribution is -2.29. The number of anilines is 1. The van der Waals surface area contributed by atoms with Crippen molar-refractivity contribution in [2.45, 2.75) is 23.8 Å². The molecule has 0 atom stereocenters. The fraction of sp³-hybridized carbons (Fsp3) is 0.200. The van der Waals surface area contributed by atoms with E-state index < -0.39 is 0 Å². The van der Waals surface area contributed by atoms with Crippen LogP contribution < -0.4 is 10.6 Å². The number of rotatable bonds is 7. The average molecular weight is 379 g/mol. The number of amides is 1. The topological polar surface area (TPSA) is 79.8 Å². The normalized spacial score (nSPS) is 10.4. The molecule has 0 saturated heterocycles. The number of benzene rings is 1. The predicted molar refractivity (Wildman–Crippen MR) is 107 cm³/mol. The number of hydrogen-bond donors (Lipinski definition) is 2.